The normalized spacial score (nSPS) is 16.3. The molecule has 0 aliphatic carbocycles. The summed E-state index contributed by atoms with van der Waals surface area (Å²) in [4.78, 5) is 20.2. The van der Waals surface area contributed by atoms with Crippen LogP contribution in [0.5, 0.6) is 0 Å². The molecule has 24 heavy (non-hydrogen) atoms. The van der Waals surface area contributed by atoms with E-state index in [9.17, 15) is 4.79 Å². The first-order valence-corrected chi connectivity index (χ1v) is 9.46. The first-order chi connectivity index (χ1) is 11.5. The van der Waals surface area contributed by atoms with Crippen molar-refractivity contribution in [3.8, 4) is 0 Å². The number of hydrogen-bond donors (Lipinski definition) is 1. The van der Waals surface area contributed by atoms with E-state index < -0.39 is 0 Å². The Bertz CT molecular complexity index is 708. The number of benzene rings is 1. The lowest BCUT2D eigenvalue weighted by Crippen LogP contribution is -2.37. The second-order valence-corrected chi connectivity index (χ2v) is 8.00. The first kappa shape index (κ1) is 17.4. The Hall–Kier alpha value is -1.43. The second-order valence-electron chi connectivity index (χ2n) is 6.16. The highest BCUT2D eigenvalue weighted by atomic mass is 35.5. The fraction of sp³-hybridized carbons (Fsp3) is 0.444. The minimum Gasteiger partial charge on any atom is -0.349 e. The summed E-state index contributed by atoms with van der Waals surface area (Å²) >= 11 is 7.57. The molecule has 1 saturated heterocycles. The Morgan fingerprint density at radius 1 is 1.29 bits per heavy atom. The largest absolute Gasteiger partial charge is 0.349 e. The summed E-state index contributed by atoms with van der Waals surface area (Å²) in [5, 5.41) is 4.73. The van der Waals surface area contributed by atoms with E-state index in [0.29, 0.717) is 12.2 Å². The molecule has 1 amide bonds. The maximum Gasteiger partial charge on any atom is 0.271 e. The first-order valence-electron chi connectivity index (χ1n) is 8.26. The van der Waals surface area contributed by atoms with E-state index in [2.05, 4.69) is 27.3 Å². The Kier molecular flexibility index (Phi) is 5.54. The summed E-state index contributed by atoms with van der Waals surface area (Å²) < 4.78 is 0. The highest BCUT2D eigenvalue weighted by molar-refractivity contribution is 7.11. The summed E-state index contributed by atoms with van der Waals surface area (Å²) in [5.41, 5.74) is 1.74. The van der Waals surface area contributed by atoms with Crippen molar-refractivity contribution < 1.29 is 4.79 Å². The van der Waals surface area contributed by atoms with Crippen LogP contribution in [0, 0.1) is 13.8 Å². The van der Waals surface area contributed by atoms with Gasteiger partial charge in [0, 0.05) is 16.4 Å². The van der Waals surface area contributed by atoms with E-state index in [1.165, 1.54) is 18.4 Å². The summed E-state index contributed by atoms with van der Waals surface area (Å²) in [5.74, 6) is -0.0880. The van der Waals surface area contributed by atoms with Gasteiger partial charge in [0.15, 0.2) is 0 Å². The van der Waals surface area contributed by atoms with E-state index in [0.717, 1.165) is 28.0 Å². The van der Waals surface area contributed by atoms with Crippen LogP contribution in [0.4, 0.5) is 0 Å². The molecule has 2 heterocycles. The van der Waals surface area contributed by atoms with Gasteiger partial charge in [0.1, 0.15) is 5.69 Å². The van der Waals surface area contributed by atoms with Crippen LogP contribution in [-0.4, -0.2) is 35.4 Å². The smallest absolute Gasteiger partial charge is 0.271 e. The fourth-order valence-corrected chi connectivity index (χ4v) is 4.15. The molecule has 0 bridgehead atoms. The molecular weight excluding hydrogens is 342 g/mol. The SMILES string of the molecule is Cc1nc(C(=O)NCC(c2ccc(Cl)cc2)N2CCCC2)c(C)s1. The third kappa shape index (κ3) is 3.97. The Morgan fingerprint density at radius 2 is 1.96 bits per heavy atom. The van der Waals surface area contributed by atoms with Crippen LogP contribution in [0.15, 0.2) is 24.3 Å². The highest BCUT2D eigenvalue weighted by Crippen LogP contribution is 2.26. The molecule has 0 radical (unpaired) electrons. The van der Waals surface area contributed by atoms with Gasteiger partial charge in [-0.2, -0.15) is 0 Å². The molecule has 1 atom stereocenters. The van der Waals surface area contributed by atoms with E-state index in [4.69, 9.17) is 11.6 Å². The molecule has 0 saturated carbocycles. The summed E-state index contributed by atoms with van der Waals surface area (Å²) in [6.45, 7) is 6.58. The molecule has 1 aliphatic rings. The number of halogens is 1. The number of rotatable bonds is 5. The average Bonchev–Trinajstić information content (AvgIpc) is 3.19. The summed E-state index contributed by atoms with van der Waals surface area (Å²) in [6.07, 6.45) is 2.42. The number of thiazole rings is 1. The number of nitrogens with one attached hydrogen (secondary N) is 1. The molecular formula is C18H22ClN3OS. The van der Waals surface area contributed by atoms with Crippen molar-refractivity contribution in [2.45, 2.75) is 32.7 Å². The van der Waals surface area contributed by atoms with E-state index in [-0.39, 0.29) is 11.9 Å². The van der Waals surface area contributed by atoms with Crippen molar-refractivity contribution in [3.05, 3.63) is 50.4 Å². The Balaban J connectivity index is 1.73. The second kappa shape index (κ2) is 7.64. The lowest BCUT2D eigenvalue weighted by Gasteiger charge is -2.28. The van der Waals surface area contributed by atoms with Crippen molar-refractivity contribution in [2.24, 2.45) is 0 Å². The average molecular weight is 364 g/mol. The van der Waals surface area contributed by atoms with E-state index >= 15 is 0 Å². The molecule has 1 fully saturated rings. The van der Waals surface area contributed by atoms with Crippen molar-refractivity contribution in [2.75, 3.05) is 19.6 Å². The molecule has 1 aromatic carbocycles. The number of aryl methyl sites for hydroxylation is 2. The van der Waals surface area contributed by atoms with Gasteiger partial charge < -0.3 is 5.32 Å². The summed E-state index contributed by atoms with van der Waals surface area (Å²) in [6, 6.07) is 8.10. The maximum atomic E-state index is 12.5. The van der Waals surface area contributed by atoms with Gasteiger partial charge >= 0.3 is 0 Å². The van der Waals surface area contributed by atoms with Gasteiger partial charge in [0.2, 0.25) is 0 Å². The van der Waals surface area contributed by atoms with Crippen LogP contribution in [0.25, 0.3) is 0 Å². The predicted molar refractivity (Wildman–Crippen MR) is 98.9 cm³/mol. The van der Waals surface area contributed by atoms with Crippen molar-refractivity contribution in [1.82, 2.24) is 15.2 Å². The topological polar surface area (TPSA) is 45.2 Å². The zero-order valence-electron chi connectivity index (χ0n) is 14.0. The Labute approximate surface area is 151 Å². The van der Waals surface area contributed by atoms with Crippen molar-refractivity contribution in [1.29, 1.82) is 0 Å². The van der Waals surface area contributed by atoms with Crippen LogP contribution in [0.2, 0.25) is 5.02 Å². The van der Waals surface area contributed by atoms with Crippen molar-refractivity contribution in [3.63, 3.8) is 0 Å². The number of aromatic nitrogens is 1. The van der Waals surface area contributed by atoms with Gasteiger partial charge in [-0.15, -0.1) is 11.3 Å². The molecule has 1 N–H and O–H groups in total. The predicted octanol–water partition coefficient (Wildman–Crippen LogP) is 3.98. The number of carbonyl (C=O) groups is 1. The fourth-order valence-electron chi connectivity index (χ4n) is 3.21. The zero-order chi connectivity index (χ0) is 17.1. The minimum absolute atomic E-state index is 0.0880. The number of likely N-dealkylation sites (tertiary alicyclic amines) is 1. The number of carbonyl (C=O) groups excluding carboxylic acids is 1. The van der Waals surface area contributed by atoms with Gasteiger partial charge in [0.05, 0.1) is 11.0 Å². The quantitative estimate of drug-likeness (QED) is 0.873. The van der Waals surface area contributed by atoms with E-state index in [1.54, 1.807) is 11.3 Å². The molecule has 1 unspecified atom stereocenters. The minimum atomic E-state index is -0.0880. The van der Waals surface area contributed by atoms with Crippen LogP contribution >= 0.6 is 22.9 Å². The third-order valence-corrected chi connectivity index (χ3v) is 5.55. The molecule has 128 valence electrons. The van der Waals surface area contributed by atoms with Crippen LogP contribution in [0.1, 0.15) is 44.8 Å². The van der Waals surface area contributed by atoms with Crippen molar-refractivity contribution >= 4 is 28.8 Å². The highest BCUT2D eigenvalue weighted by Gasteiger charge is 2.24. The monoisotopic (exact) mass is 363 g/mol. The molecule has 0 spiro atoms. The van der Waals surface area contributed by atoms with Gasteiger partial charge in [0.25, 0.3) is 5.91 Å². The molecule has 1 aromatic heterocycles. The van der Waals surface area contributed by atoms with Crippen LogP contribution in [0.3, 0.4) is 0 Å². The lowest BCUT2D eigenvalue weighted by molar-refractivity contribution is 0.0933. The van der Waals surface area contributed by atoms with Crippen LogP contribution < -0.4 is 5.32 Å². The summed E-state index contributed by atoms with van der Waals surface area (Å²) in [7, 11) is 0. The molecule has 6 heteroatoms. The standard InChI is InChI=1S/C18H22ClN3OS/c1-12-17(21-13(2)24-12)18(23)20-11-16(22-9-3-4-10-22)14-5-7-15(19)8-6-14/h5-8,16H,3-4,9-11H2,1-2H3,(H,20,23). The lowest BCUT2D eigenvalue weighted by atomic mass is 10.1. The van der Waals surface area contributed by atoms with Gasteiger partial charge in [-0.3, -0.25) is 9.69 Å². The molecule has 4 nitrogen and oxygen atoms in total. The zero-order valence-corrected chi connectivity index (χ0v) is 15.6. The van der Waals surface area contributed by atoms with E-state index in [1.807, 2.05) is 26.0 Å². The number of nitrogens with zero attached hydrogens (tertiary/aromatic N) is 2. The molecule has 3 rings (SSSR count). The maximum absolute atomic E-state index is 12.5. The number of amides is 1. The number of hydrogen-bond acceptors (Lipinski definition) is 4. The van der Waals surface area contributed by atoms with Crippen LogP contribution in [-0.2, 0) is 0 Å². The van der Waals surface area contributed by atoms with Gasteiger partial charge in [-0.1, -0.05) is 23.7 Å². The van der Waals surface area contributed by atoms with Gasteiger partial charge in [-0.25, -0.2) is 4.98 Å². The third-order valence-electron chi connectivity index (χ3n) is 4.41. The van der Waals surface area contributed by atoms with Gasteiger partial charge in [-0.05, 0) is 57.5 Å². The Morgan fingerprint density at radius 3 is 2.54 bits per heavy atom. The molecule has 1 aliphatic heterocycles. The molecule has 2 aromatic rings.